The average Bonchev–Trinajstić information content (AvgIpc) is 2.82. The minimum absolute atomic E-state index is 0.0432. The molecular formula is C28H33F2N2O5+. The zero-order chi connectivity index (χ0) is 26.8. The van der Waals surface area contributed by atoms with E-state index in [2.05, 4.69) is 5.32 Å². The second kappa shape index (κ2) is 10.6. The predicted octanol–water partition coefficient (Wildman–Crippen LogP) is 4.57. The highest BCUT2D eigenvalue weighted by molar-refractivity contribution is 5.97. The van der Waals surface area contributed by atoms with Crippen molar-refractivity contribution in [1.29, 1.82) is 0 Å². The third-order valence-corrected chi connectivity index (χ3v) is 7.05. The number of esters is 1. The molecule has 7 nitrogen and oxygen atoms in total. The van der Waals surface area contributed by atoms with Crippen LogP contribution in [0.25, 0.3) is 0 Å². The molecule has 2 aromatic carbocycles. The van der Waals surface area contributed by atoms with Gasteiger partial charge >= 0.3 is 12.1 Å². The summed E-state index contributed by atoms with van der Waals surface area (Å²) in [6, 6.07) is 10.7. The van der Waals surface area contributed by atoms with Crippen molar-refractivity contribution < 1.29 is 37.1 Å². The number of nitrogens with zero attached hydrogens (tertiary/aromatic N) is 1. The smallest absolute Gasteiger partial charge is 0.408 e. The van der Waals surface area contributed by atoms with Crippen molar-refractivity contribution >= 4 is 17.8 Å². The number of fused-ring (bicyclic) bond motifs is 3. The minimum atomic E-state index is -1.06. The molecule has 9 heteroatoms. The molecule has 0 saturated carbocycles. The van der Waals surface area contributed by atoms with Gasteiger partial charge in [-0.2, -0.15) is 0 Å². The first-order valence-corrected chi connectivity index (χ1v) is 12.5. The van der Waals surface area contributed by atoms with E-state index >= 15 is 0 Å². The summed E-state index contributed by atoms with van der Waals surface area (Å²) < 4.78 is 39.2. The highest BCUT2D eigenvalue weighted by Gasteiger charge is 2.49. The van der Waals surface area contributed by atoms with Gasteiger partial charge in [-0.1, -0.05) is 30.3 Å². The van der Waals surface area contributed by atoms with Crippen LogP contribution in [0.5, 0.6) is 0 Å². The summed E-state index contributed by atoms with van der Waals surface area (Å²) in [6.07, 6.45) is 0.328. The van der Waals surface area contributed by atoms with Crippen LogP contribution >= 0.6 is 0 Å². The summed E-state index contributed by atoms with van der Waals surface area (Å²) in [6.45, 7) is 7.09. The number of carbonyl (C=O) groups is 3. The minimum Gasteiger partial charge on any atom is -0.454 e. The second-order valence-electron chi connectivity index (χ2n) is 11.0. The lowest BCUT2D eigenvalue weighted by molar-refractivity contribution is -0.938. The first-order chi connectivity index (χ1) is 17.4. The van der Waals surface area contributed by atoms with Gasteiger partial charge in [-0.25, -0.2) is 18.4 Å². The molecule has 3 fully saturated rings. The van der Waals surface area contributed by atoms with E-state index in [1.165, 1.54) is 6.07 Å². The van der Waals surface area contributed by atoms with Crippen LogP contribution in [-0.2, 0) is 14.3 Å². The Bertz CT molecular complexity index is 1160. The van der Waals surface area contributed by atoms with E-state index in [4.69, 9.17) is 9.47 Å². The van der Waals surface area contributed by atoms with E-state index in [1.54, 1.807) is 45.0 Å². The lowest BCUT2D eigenvalue weighted by atomic mass is 9.82. The maximum absolute atomic E-state index is 14.2. The molecule has 3 saturated heterocycles. The van der Waals surface area contributed by atoms with E-state index in [9.17, 15) is 23.2 Å². The maximum Gasteiger partial charge on any atom is 0.408 e. The lowest BCUT2D eigenvalue weighted by Gasteiger charge is -2.51. The topological polar surface area (TPSA) is 81.7 Å². The van der Waals surface area contributed by atoms with Crippen molar-refractivity contribution in [2.24, 2.45) is 5.92 Å². The summed E-state index contributed by atoms with van der Waals surface area (Å²) in [5.74, 6) is -2.49. The number of ketones is 1. The number of halogens is 2. The van der Waals surface area contributed by atoms with Crippen LogP contribution < -0.4 is 5.32 Å². The van der Waals surface area contributed by atoms with Crippen molar-refractivity contribution in [3.63, 3.8) is 0 Å². The molecule has 1 unspecified atom stereocenters. The van der Waals surface area contributed by atoms with Gasteiger partial charge in [-0.3, -0.25) is 4.79 Å². The largest absolute Gasteiger partial charge is 0.454 e. The van der Waals surface area contributed by atoms with Crippen molar-refractivity contribution in [3.05, 3.63) is 71.3 Å². The summed E-state index contributed by atoms with van der Waals surface area (Å²) in [5, 5.41) is 2.63. The summed E-state index contributed by atoms with van der Waals surface area (Å²) in [5.41, 5.74) is -0.315. The summed E-state index contributed by atoms with van der Waals surface area (Å²) in [7, 11) is 0. The number of rotatable bonds is 7. The van der Waals surface area contributed by atoms with Crippen LogP contribution in [-0.4, -0.2) is 60.2 Å². The number of nitrogens with one attached hydrogen (secondary N) is 1. The van der Waals surface area contributed by atoms with E-state index < -0.39 is 47.2 Å². The number of piperidine rings is 3. The Morgan fingerprint density at radius 3 is 2.35 bits per heavy atom. The molecule has 198 valence electrons. The fraction of sp³-hybridized carbons (Fsp3) is 0.464. The highest BCUT2D eigenvalue weighted by atomic mass is 19.1. The van der Waals surface area contributed by atoms with Crippen LogP contribution in [0.15, 0.2) is 48.5 Å². The SMILES string of the molecule is CC(C)(C)OC(=O)NC(C(=O)O[C@H]1C[N+]2(CC(=O)c3ccc(F)cc3F)CCC1CC2)c1ccccc1. The molecule has 0 radical (unpaired) electrons. The number of hydrogen-bond acceptors (Lipinski definition) is 5. The van der Waals surface area contributed by atoms with Crippen LogP contribution in [0.2, 0.25) is 0 Å². The fourth-order valence-corrected chi connectivity index (χ4v) is 5.25. The first-order valence-electron chi connectivity index (χ1n) is 12.5. The molecule has 1 N–H and O–H groups in total. The number of hydrogen-bond donors (Lipinski definition) is 1. The molecule has 2 atom stereocenters. The molecular weight excluding hydrogens is 482 g/mol. The van der Waals surface area contributed by atoms with Crippen molar-refractivity contribution in [2.45, 2.75) is 51.4 Å². The van der Waals surface area contributed by atoms with Crippen LogP contribution in [0.3, 0.4) is 0 Å². The Labute approximate surface area is 215 Å². The Morgan fingerprint density at radius 1 is 1.05 bits per heavy atom. The first kappa shape index (κ1) is 26.7. The van der Waals surface area contributed by atoms with E-state index in [1.807, 2.05) is 6.07 Å². The molecule has 2 bridgehead atoms. The average molecular weight is 516 g/mol. The fourth-order valence-electron chi connectivity index (χ4n) is 5.25. The molecule has 3 aliphatic heterocycles. The van der Waals surface area contributed by atoms with Gasteiger partial charge in [0.2, 0.25) is 5.78 Å². The molecule has 3 aliphatic rings. The van der Waals surface area contributed by atoms with Crippen LogP contribution in [0, 0.1) is 17.6 Å². The lowest BCUT2D eigenvalue weighted by Crippen LogP contribution is -2.66. The molecule has 3 heterocycles. The molecule has 0 aromatic heterocycles. The molecule has 5 rings (SSSR count). The van der Waals surface area contributed by atoms with Gasteiger partial charge in [0.15, 0.2) is 12.1 Å². The normalized spacial score (nSPS) is 23.7. The highest BCUT2D eigenvalue weighted by Crippen LogP contribution is 2.36. The van der Waals surface area contributed by atoms with E-state index in [-0.39, 0.29) is 18.0 Å². The Kier molecular flexibility index (Phi) is 7.64. The van der Waals surface area contributed by atoms with Crippen molar-refractivity contribution in [1.82, 2.24) is 5.32 Å². The van der Waals surface area contributed by atoms with Crippen molar-refractivity contribution in [3.8, 4) is 0 Å². The zero-order valence-electron chi connectivity index (χ0n) is 21.3. The Morgan fingerprint density at radius 2 is 1.73 bits per heavy atom. The molecule has 2 aromatic rings. The van der Waals surface area contributed by atoms with Gasteiger partial charge in [0.25, 0.3) is 0 Å². The Balaban J connectivity index is 1.47. The van der Waals surface area contributed by atoms with Gasteiger partial charge in [-0.15, -0.1) is 0 Å². The van der Waals surface area contributed by atoms with Gasteiger partial charge in [0.05, 0.1) is 18.7 Å². The summed E-state index contributed by atoms with van der Waals surface area (Å²) >= 11 is 0. The standard InChI is InChI=1S/C28H32F2N2O5/c1-28(2,3)37-27(35)31-25(19-7-5-4-6-8-19)26(34)36-24-17-32(13-11-18(24)12-14-32)16-23(33)21-10-9-20(29)15-22(21)30/h4-10,15,18,24-25H,11-14,16-17H2,1-3H3/p+1/t18?,24-,25?,32?/m0/s1. The van der Waals surface area contributed by atoms with Crippen LogP contribution in [0.1, 0.15) is 55.6 Å². The monoisotopic (exact) mass is 515 g/mol. The molecule has 37 heavy (non-hydrogen) atoms. The zero-order valence-corrected chi connectivity index (χ0v) is 21.3. The number of amides is 1. The molecule has 0 spiro atoms. The number of carbonyl (C=O) groups excluding carboxylic acids is 3. The summed E-state index contributed by atoms with van der Waals surface area (Å²) in [4.78, 5) is 38.8. The Hall–Kier alpha value is -3.33. The van der Waals surface area contributed by atoms with Crippen LogP contribution in [0.4, 0.5) is 13.6 Å². The van der Waals surface area contributed by atoms with Gasteiger partial charge in [-0.05, 0) is 38.5 Å². The number of Topliss-reactive ketones (excluding diaryl/α,β-unsaturated/α-hetero) is 1. The molecule has 0 aliphatic carbocycles. The number of ether oxygens (including phenoxy) is 2. The third kappa shape index (κ3) is 6.52. The number of benzene rings is 2. The second-order valence-corrected chi connectivity index (χ2v) is 11.0. The van der Waals surface area contributed by atoms with Crippen molar-refractivity contribution in [2.75, 3.05) is 26.2 Å². The van der Waals surface area contributed by atoms with Gasteiger partial charge in [0, 0.05) is 24.8 Å². The van der Waals surface area contributed by atoms with E-state index in [0.29, 0.717) is 35.7 Å². The van der Waals surface area contributed by atoms with Gasteiger partial charge in [0.1, 0.15) is 30.3 Å². The molecule has 1 amide bonds. The number of alkyl carbamates (subject to hydrolysis) is 1. The number of quaternary nitrogens is 1. The quantitative estimate of drug-likeness (QED) is 0.332. The maximum atomic E-state index is 14.2. The van der Waals surface area contributed by atoms with E-state index in [0.717, 1.165) is 18.9 Å². The third-order valence-electron chi connectivity index (χ3n) is 7.05. The van der Waals surface area contributed by atoms with Gasteiger partial charge < -0.3 is 19.3 Å². The predicted molar refractivity (Wildman–Crippen MR) is 132 cm³/mol.